The van der Waals surface area contributed by atoms with Gasteiger partial charge in [0, 0.05) is 15.1 Å². The van der Waals surface area contributed by atoms with Crippen molar-refractivity contribution in [2.24, 2.45) is 0 Å². The predicted molar refractivity (Wildman–Crippen MR) is 76.7 cm³/mol. The Morgan fingerprint density at radius 1 is 1.06 bits per heavy atom. The fourth-order valence-electron chi connectivity index (χ4n) is 1.51. The van der Waals surface area contributed by atoms with E-state index >= 15 is 0 Å². The van der Waals surface area contributed by atoms with Gasteiger partial charge in [0.2, 0.25) is 0 Å². The Hall–Kier alpha value is -0.930. The summed E-state index contributed by atoms with van der Waals surface area (Å²) in [6.07, 6.45) is 0. The van der Waals surface area contributed by atoms with Crippen LogP contribution in [0.2, 0.25) is 0 Å². The number of para-hydroxylation sites is 1. The summed E-state index contributed by atoms with van der Waals surface area (Å²) in [5.41, 5.74) is 1.29. The summed E-state index contributed by atoms with van der Waals surface area (Å²) in [5, 5.41) is 0. The number of thioether (sulfide) groups is 1. The minimum atomic E-state index is 0.932. The molecule has 0 radical (unpaired) electrons. The van der Waals surface area contributed by atoms with Crippen molar-refractivity contribution in [2.45, 2.75) is 10.6 Å². The van der Waals surface area contributed by atoms with Crippen molar-refractivity contribution in [3.05, 3.63) is 58.6 Å². The molecule has 2 aromatic carbocycles. The van der Waals surface area contributed by atoms with E-state index in [-0.39, 0.29) is 0 Å². The lowest BCUT2D eigenvalue weighted by molar-refractivity contribution is 0.405. The number of benzene rings is 2. The highest BCUT2D eigenvalue weighted by Crippen LogP contribution is 2.32. The molecule has 0 aliphatic heterocycles. The molecule has 2 aromatic rings. The minimum absolute atomic E-state index is 0.932. The molecular weight excluding hydrogens is 296 g/mol. The number of ether oxygens (including phenoxy) is 1. The van der Waals surface area contributed by atoms with Crippen LogP contribution in [0, 0.1) is 0 Å². The number of methoxy groups -OCH3 is 1. The Morgan fingerprint density at radius 2 is 1.76 bits per heavy atom. The van der Waals surface area contributed by atoms with Crippen molar-refractivity contribution in [1.82, 2.24) is 0 Å². The Balaban J connectivity index is 2.10. The summed E-state index contributed by atoms with van der Waals surface area (Å²) in [6.45, 7) is 0. The van der Waals surface area contributed by atoms with E-state index in [2.05, 4.69) is 40.2 Å². The van der Waals surface area contributed by atoms with E-state index in [1.165, 1.54) is 10.5 Å². The van der Waals surface area contributed by atoms with Crippen LogP contribution in [0.4, 0.5) is 0 Å². The Labute approximate surface area is 114 Å². The maximum Gasteiger partial charge on any atom is 0.132 e. The van der Waals surface area contributed by atoms with Gasteiger partial charge in [-0.2, -0.15) is 0 Å². The van der Waals surface area contributed by atoms with Crippen molar-refractivity contribution in [3.63, 3.8) is 0 Å². The third kappa shape index (κ3) is 3.27. The van der Waals surface area contributed by atoms with Crippen LogP contribution in [-0.4, -0.2) is 7.11 Å². The molecule has 0 saturated heterocycles. The second-order valence-electron chi connectivity index (χ2n) is 3.53. The molecule has 2 rings (SSSR count). The molecule has 0 atom stereocenters. The van der Waals surface area contributed by atoms with Crippen LogP contribution in [0.1, 0.15) is 5.56 Å². The quantitative estimate of drug-likeness (QED) is 0.754. The van der Waals surface area contributed by atoms with E-state index < -0.39 is 0 Å². The van der Waals surface area contributed by atoms with Gasteiger partial charge in [-0.1, -0.05) is 46.3 Å². The van der Waals surface area contributed by atoms with Crippen LogP contribution in [0.3, 0.4) is 0 Å². The fourth-order valence-corrected chi connectivity index (χ4v) is 3.15. The minimum Gasteiger partial charge on any atom is -0.496 e. The van der Waals surface area contributed by atoms with Gasteiger partial charge in [0.1, 0.15) is 5.75 Å². The van der Waals surface area contributed by atoms with Gasteiger partial charge >= 0.3 is 0 Å². The molecule has 1 nitrogen and oxygen atoms in total. The standard InChI is InChI=1S/C14H13BrOS/c1-16-13-8-4-5-9-14(13)17-10-11-6-2-3-7-12(11)15/h2-9H,10H2,1H3. The molecule has 0 unspecified atom stereocenters. The van der Waals surface area contributed by atoms with E-state index in [0.717, 1.165) is 16.0 Å². The van der Waals surface area contributed by atoms with Gasteiger partial charge in [0.05, 0.1) is 7.11 Å². The molecule has 0 saturated carbocycles. The number of rotatable bonds is 4. The van der Waals surface area contributed by atoms with E-state index in [9.17, 15) is 0 Å². The summed E-state index contributed by atoms with van der Waals surface area (Å²) in [7, 11) is 1.71. The van der Waals surface area contributed by atoms with Gasteiger partial charge in [0.25, 0.3) is 0 Å². The van der Waals surface area contributed by atoms with Crippen LogP contribution in [0.5, 0.6) is 5.75 Å². The Kier molecular flexibility index (Phi) is 4.51. The molecule has 0 aliphatic rings. The van der Waals surface area contributed by atoms with Crippen LogP contribution < -0.4 is 4.74 Å². The SMILES string of the molecule is COc1ccccc1SCc1ccccc1Br. The van der Waals surface area contributed by atoms with Crippen LogP contribution in [0.25, 0.3) is 0 Å². The molecule has 17 heavy (non-hydrogen) atoms. The van der Waals surface area contributed by atoms with Crippen molar-refractivity contribution >= 4 is 27.7 Å². The third-order valence-electron chi connectivity index (χ3n) is 2.41. The molecule has 0 heterocycles. The fraction of sp³-hybridized carbons (Fsp3) is 0.143. The van der Waals surface area contributed by atoms with Crippen LogP contribution >= 0.6 is 27.7 Å². The van der Waals surface area contributed by atoms with Crippen molar-refractivity contribution < 1.29 is 4.74 Å². The van der Waals surface area contributed by atoms with Crippen molar-refractivity contribution in [2.75, 3.05) is 7.11 Å². The predicted octanol–water partition coefficient (Wildman–Crippen LogP) is 4.75. The second kappa shape index (κ2) is 6.12. The number of halogens is 1. The average Bonchev–Trinajstić information content (AvgIpc) is 2.38. The molecule has 0 aromatic heterocycles. The monoisotopic (exact) mass is 308 g/mol. The highest BCUT2D eigenvalue weighted by molar-refractivity contribution is 9.10. The first kappa shape index (κ1) is 12.5. The smallest absolute Gasteiger partial charge is 0.132 e. The van der Waals surface area contributed by atoms with Gasteiger partial charge in [0.15, 0.2) is 0 Å². The molecule has 0 bridgehead atoms. The van der Waals surface area contributed by atoms with Crippen LogP contribution in [-0.2, 0) is 5.75 Å². The van der Waals surface area contributed by atoms with E-state index in [0.29, 0.717) is 0 Å². The molecule has 0 amide bonds. The summed E-state index contributed by atoms with van der Waals surface area (Å²) in [6, 6.07) is 16.4. The molecule has 0 fully saturated rings. The normalized spacial score (nSPS) is 10.2. The highest BCUT2D eigenvalue weighted by Gasteiger charge is 2.04. The molecule has 88 valence electrons. The average molecular weight is 309 g/mol. The molecule has 0 aliphatic carbocycles. The van der Waals surface area contributed by atoms with Crippen LogP contribution in [0.15, 0.2) is 57.9 Å². The maximum absolute atomic E-state index is 5.33. The van der Waals surface area contributed by atoms with E-state index in [1.54, 1.807) is 18.9 Å². The summed E-state index contributed by atoms with van der Waals surface area (Å²) in [5.74, 6) is 1.87. The first-order valence-corrected chi connectivity index (χ1v) is 7.08. The zero-order chi connectivity index (χ0) is 12.1. The summed E-state index contributed by atoms with van der Waals surface area (Å²) < 4.78 is 6.49. The lowest BCUT2D eigenvalue weighted by Gasteiger charge is -2.08. The van der Waals surface area contributed by atoms with Crippen molar-refractivity contribution in [3.8, 4) is 5.75 Å². The van der Waals surface area contributed by atoms with Gasteiger partial charge in [-0.3, -0.25) is 0 Å². The molecule has 3 heteroatoms. The second-order valence-corrected chi connectivity index (χ2v) is 5.40. The van der Waals surface area contributed by atoms with Crippen molar-refractivity contribution in [1.29, 1.82) is 0 Å². The Bertz CT molecular complexity index is 499. The first-order chi connectivity index (χ1) is 8.31. The lowest BCUT2D eigenvalue weighted by Crippen LogP contribution is -1.87. The number of hydrogen-bond acceptors (Lipinski definition) is 2. The molecular formula is C14H13BrOS. The lowest BCUT2D eigenvalue weighted by atomic mass is 10.2. The first-order valence-electron chi connectivity index (χ1n) is 5.30. The number of hydrogen-bond donors (Lipinski definition) is 0. The highest BCUT2D eigenvalue weighted by atomic mass is 79.9. The Morgan fingerprint density at radius 3 is 2.53 bits per heavy atom. The van der Waals surface area contributed by atoms with Gasteiger partial charge in [-0.25, -0.2) is 0 Å². The largest absolute Gasteiger partial charge is 0.496 e. The van der Waals surface area contributed by atoms with Gasteiger partial charge in [-0.05, 0) is 23.8 Å². The zero-order valence-electron chi connectivity index (χ0n) is 9.52. The zero-order valence-corrected chi connectivity index (χ0v) is 11.9. The molecule has 0 N–H and O–H groups in total. The van der Waals surface area contributed by atoms with Gasteiger partial charge in [-0.15, -0.1) is 11.8 Å². The third-order valence-corrected chi connectivity index (χ3v) is 4.29. The summed E-state index contributed by atoms with van der Waals surface area (Å²) in [4.78, 5) is 1.17. The maximum atomic E-state index is 5.33. The van der Waals surface area contributed by atoms with Gasteiger partial charge < -0.3 is 4.74 Å². The van der Waals surface area contributed by atoms with E-state index in [4.69, 9.17) is 4.74 Å². The van der Waals surface area contributed by atoms with E-state index in [1.807, 2.05) is 24.3 Å². The summed E-state index contributed by atoms with van der Waals surface area (Å²) >= 11 is 5.34. The molecule has 0 spiro atoms. The topological polar surface area (TPSA) is 9.23 Å².